The van der Waals surface area contributed by atoms with Gasteiger partial charge < -0.3 is 4.74 Å². The highest BCUT2D eigenvalue weighted by Gasteiger charge is 2.08. The number of ether oxygens (including phenoxy) is 1. The fourth-order valence-electron chi connectivity index (χ4n) is 2.28. The fraction of sp³-hybridized carbons (Fsp3) is 0.188. The van der Waals surface area contributed by atoms with Crippen molar-refractivity contribution in [2.24, 2.45) is 7.05 Å². The van der Waals surface area contributed by atoms with E-state index in [4.69, 9.17) is 4.74 Å². The van der Waals surface area contributed by atoms with E-state index in [9.17, 15) is 0 Å². The molecule has 102 valence electrons. The first kappa shape index (κ1) is 13.2. The molecule has 2 aromatic carbocycles. The maximum absolute atomic E-state index is 5.92. The molecule has 0 amide bonds. The van der Waals surface area contributed by atoms with Crippen molar-refractivity contribution in [1.29, 1.82) is 0 Å². The van der Waals surface area contributed by atoms with Crippen LogP contribution in [0.3, 0.4) is 0 Å². The number of aromatic nitrogens is 2. The molecule has 3 rings (SSSR count). The van der Waals surface area contributed by atoms with Gasteiger partial charge in [-0.25, -0.2) is 0 Å². The predicted octanol–water partition coefficient (Wildman–Crippen LogP) is 4.22. The molecule has 4 heteroatoms. The van der Waals surface area contributed by atoms with Crippen LogP contribution in [0.2, 0.25) is 0 Å². The number of benzene rings is 2. The van der Waals surface area contributed by atoms with Crippen LogP contribution in [0.25, 0.3) is 10.8 Å². The number of hydrogen-bond acceptors (Lipinski definition) is 2. The highest BCUT2D eigenvalue weighted by Crippen LogP contribution is 2.33. The lowest BCUT2D eigenvalue weighted by molar-refractivity contribution is 0.293. The molecule has 1 heterocycles. The standard InChI is InChI=1S/C16H15BrN2O/c1-11-9-13(19(2)18-11)10-20-15-8-7-12-5-3-4-6-14(12)16(15)17/h3-9H,10H2,1-2H3. The zero-order valence-corrected chi connectivity index (χ0v) is 13.0. The van der Waals surface area contributed by atoms with E-state index in [0.717, 1.165) is 27.0 Å². The Morgan fingerprint density at radius 3 is 2.75 bits per heavy atom. The van der Waals surface area contributed by atoms with Gasteiger partial charge >= 0.3 is 0 Å². The molecule has 20 heavy (non-hydrogen) atoms. The molecular formula is C16H15BrN2O. The summed E-state index contributed by atoms with van der Waals surface area (Å²) in [5, 5.41) is 6.68. The summed E-state index contributed by atoms with van der Waals surface area (Å²) in [7, 11) is 1.93. The summed E-state index contributed by atoms with van der Waals surface area (Å²) in [4.78, 5) is 0. The van der Waals surface area contributed by atoms with E-state index in [1.807, 2.05) is 42.9 Å². The summed E-state index contributed by atoms with van der Waals surface area (Å²) >= 11 is 3.63. The van der Waals surface area contributed by atoms with Gasteiger partial charge in [0.25, 0.3) is 0 Å². The van der Waals surface area contributed by atoms with Gasteiger partial charge in [0.15, 0.2) is 0 Å². The van der Waals surface area contributed by atoms with Gasteiger partial charge in [-0.05, 0) is 45.8 Å². The second kappa shape index (κ2) is 5.29. The van der Waals surface area contributed by atoms with Crippen molar-refractivity contribution in [2.75, 3.05) is 0 Å². The number of aryl methyl sites for hydroxylation is 2. The Kier molecular flexibility index (Phi) is 3.49. The summed E-state index contributed by atoms with van der Waals surface area (Å²) in [5.41, 5.74) is 2.06. The van der Waals surface area contributed by atoms with E-state index in [1.165, 1.54) is 5.39 Å². The summed E-state index contributed by atoms with van der Waals surface area (Å²) in [5.74, 6) is 0.850. The molecule has 0 aliphatic carbocycles. The monoisotopic (exact) mass is 330 g/mol. The van der Waals surface area contributed by atoms with E-state index in [2.05, 4.69) is 39.2 Å². The Morgan fingerprint density at radius 2 is 2.00 bits per heavy atom. The molecule has 0 N–H and O–H groups in total. The molecule has 0 aliphatic rings. The zero-order chi connectivity index (χ0) is 14.1. The van der Waals surface area contributed by atoms with Gasteiger partial charge in [-0.1, -0.05) is 30.3 Å². The molecular weight excluding hydrogens is 316 g/mol. The smallest absolute Gasteiger partial charge is 0.134 e. The minimum atomic E-state index is 0.508. The van der Waals surface area contributed by atoms with Crippen molar-refractivity contribution in [3.63, 3.8) is 0 Å². The van der Waals surface area contributed by atoms with Crippen LogP contribution in [0, 0.1) is 6.92 Å². The first-order valence-electron chi connectivity index (χ1n) is 6.45. The molecule has 0 saturated carbocycles. The Hall–Kier alpha value is -1.81. The molecule has 0 bridgehead atoms. The van der Waals surface area contributed by atoms with Crippen molar-refractivity contribution in [1.82, 2.24) is 9.78 Å². The van der Waals surface area contributed by atoms with Crippen LogP contribution >= 0.6 is 15.9 Å². The second-order valence-electron chi connectivity index (χ2n) is 4.79. The maximum Gasteiger partial charge on any atom is 0.134 e. The number of fused-ring (bicyclic) bond motifs is 1. The highest BCUT2D eigenvalue weighted by atomic mass is 79.9. The van der Waals surface area contributed by atoms with Gasteiger partial charge in [-0.2, -0.15) is 5.10 Å². The predicted molar refractivity (Wildman–Crippen MR) is 83.9 cm³/mol. The van der Waals surface area contributed by atoms with E-state index in [1.54, 1.807) is 0 Å². The molecule has 0 atom stereocenters. The second-order valence-corrected chi connectivity index (χ2v) is 5.58. The SMILES string of the molecule is Cc1cc(COc2ccc3ccccc3c2Br)n(C)n1. The molecule has 3 aromatic rings. The largest absolute Gasteiger partial charge is 0.486 e. The van der Waals surface area contributed by atoms with E-state index in [-0.39, 0.29) is 0 Å². The molecule has 0 spiro atoms. The molecule has 1 aromatic heterocycles. The molecule has 0 radical (unpaired) electrons. The summed E-state index contributed by atoms with van der Waals surface area (Å²) in [6.07, 6.45) is 0. The van der Waals surface area contributed by atoms with E-state index >= 15 is 0 Å². The number of halogens is 1. The minimum Gasteiger partial charge on any atom is -0.486 e. The van der Waals surface area contributed by atoms with Crippen molar-refractivity contribution in [3.05, 3.63) is 58.3 Å². The average Bonchev–Trinajstić information content (AvgIpc) is 2.77. The molecule has 0 saturated heterocycles. The third-order valence-electron chi connectivity index (χ3n) is 3.30. The third kappa shape index (κ3) is 2.43. The maximum atomic E-state index is 5.92. The van der Waals surface area contributed by atoms with E-state index in [0.29, 0.717) is 6.61 Å². The van der Waals surface area contributed by atoms with Crippen LogP contribution in [0.15, 0.2) is 46.9 Å². The first-order chi connectivity index (χ1) is 9.65. The molecule has 0 unspecified atom stereocenters. The topological polar surface area (TPSA) is 27.1 Å². The van der Waals surface area contributed by atoms with Gasteiger partial charge in [0, 0.05) is 7.05 Å². The lowest BCUT2D eigenvalue weighted by Crippen LogP contribution is -2.03. The third-order valence-corrected chi connectivity index (χ3v) is 4.12. The van der Waals surface area contributed by atoms with Crippen LogP contribution in [0.1, 0.15) is 11.4 Å². The van der Waals surface area contributed by atoms with Crippen LogP contribution in [0.4, 0.5) is 0 Å². The Morgan fingerprint density at radius 1 is 1.20 bits per heavy atom. The number of hydrogen-bond donors (Lipinski definition) is 0. The van der Waals surface area contributed by atoms with Gasteiger partial charge in [0.1, 0.15) is 12.4 Å². The lowest BCUT2D eigenvalue weighted by atomic mass is 10.1. The summed E-state index contributed by atoms with van der Waals surface area (Å²) in [6.45, 7) is 2.49. The number of nitrogens with zero attached hydrogens (tertiary/aromatic N) is 2. The van der Waals surface area contributed by atoms with Crippen LogP contribution in [-0.4, -0.2) is 9.78 Å². The quantitative estimate of drug-likeness (QED) is 0.718. The van der Waals surface area contributed by atoms with Gasteiger partial charge in [-0.3, -0.25) is 4.68 Å². The highest BCUT2D eigenvalue weighted by molar-refractivity contribution is 9.10. The molecule has 0 fully saturated rings. The van der Waals surface area contributed by atoms with E-state index < -0.39 is 0 Å². The Bertz CT molecular complexity index is 764. The lowest BCUT2D eigenvalue weighted by Gasteiger charge is -2.10. The van der Waals surface area contributed by atoms with Gasteiger partial charge in [0.05, 0.1) is 15.9 Å². The van der Waals surface area contributed by atoms with Crippen molar-refractivity contribution in [2.45, 2.75) is 13.5 Å². The Balaban J connectivity index is 1.88. The minimum absolute atomic E-state index is 0.508. The Labute approximate surface area is 126 Å². The van der Waals surface area contributed by atoms with Crippen LogP contribution in [0.5, 0.6) is 5.75 Å². The normalized spacial score (nSPS) is 10.9. The number of rotatable bonds is 3. The van der Waals surface area contributed by atoms with Crippen molar-refractivity contribution < 1.29 is 4.74 Å². The molecule has 3 nitrogen and oxygen atoms in total. The summed E-state index contributed by atoms with van der Waals surface area (Å²) < 4.78 is 8.76. The average molecular weight is 331 g/mol. The zero-order valence-electron chi connectivity index (χ0n) is 11.4. The first-order valence-corrected chi connectivity index (χ1v) is 7.24. The van der Waals surface area contributed by atoms with Gasteiger partial charge in [0.2, 0.25) is 0 Å². The van der Waals surface area contributed by atoms with Crippen LogP contribution in [-0.2, 0) is 13.7 Å². The summed E-state index contributed by atoms with van der Waals surface area (Å²) in [6, 6.07) is 14.3. The van der Waals surface area contributed by atoms with Gasteiger partial charge in [-0.15, -0.1) is 0 Å². The molecule has 0 aliphatic heterocycles. The fourth-order valence-corrected chi connectivity index (χ4v) is 2.88. The van der Waals surface area contributed by atoms with Crippen LogP contribution < -0.4 is 4.74 Å². The van der Waals surface area contributed by atoms with Crippen molar-refractivity contribution in [3.8, 4) is 5.75 Å². The van der Waals surface area contributed by atoms with Crippen molar-refractivity contribution >= 4 is 26.7 Å².